The molecule has 0 aromatic carbocycles. The number of pyridine rings is 1. The summed E-state index contributed by atoms with van der Waals surface area (Å²) >= 11 is 0. The van der Waals surface area contributed by atoms with Crippen molar-refractivity contribution in [2.45, 2.75) is 31.7 Å². The monoisotopic (exact) mass is 263 g/mol. The van der Waals surface area contributed by atoms with Crippen LogP contribution in [0.5, 0.6) is 5.75 Å². The van der Waals surface area contributed by atoms with Gasteiger partial charge in [0.1, 0.15) is 5.75 Å². The molecule has 1 aliphatic heterocycles. The third-order valence-electron chi connectivity index (χ3n) is 3.60. The van der Waals surface area contributed by atoms with Gasteiger partial charge < -0.3 is 15.3 Å². The number of aromatic nitrogens is 1. The summed E-state index contributed by atoms with van der Waals surface area (Å²) in [6, 6.07) is 3.38. The van der Waals surface area contributed by atoms with Crippen molar-refractivity contribution >= 4 is 5.91 Å². The van der Waals surface area contributed by atoms with Crippen LogP contribution in [0, 0.1) is 0 Å². The predicted octanol–water partition coefficient (Wildman–Crippen LogP) is 1.39. The first-order valence-electron chi connectivity index (χ1n) is 6.83. The molecule has 1 aromatic heterocycles. The molecule has 0 bridgehead atoms. The summed E-state index contributed by atoms with van der Waals surface area (Å²) in [5.74, 6) is -0.190. The van der Waals surface area contributed by atoms with Gasteiger partial charge in [0, 0.05) is 18.8 Å². The number of nitrogens with one attached hydrogen (secondary N) is 1. The minimum Gasteiger partial charge on any atom is -0.505 e. The molecule has 1 saturated heterocycles. The Balaban J connectivity index is 2.13. The molecule has 1 amide bonds. The molecule has 0 aliphatic carbocycles. The summed E-state index contributed by atoms with van der Waals surface area (Å²) in [5.41, 5.74) is 0.166. The van der Waals surface area contributed by atoms with E-state index in [2.05, 4.69) is 10.3 Å². The molecule has 0 saturated carbocycles. The van der Waals surface area contributed by atoms with E-state index in [1.807, 2.05) is 11.9 Å². The maximum absolute atomic E-state index is 12.5. The average Bonchev–Trinajstić information content (AvgIpc) is 2.45. The van der Waals surface area contributed by atoms with E-state index in [1.165, 1.54) is 6.07 Å². The van der Waals surface area contributed by atoms with E-state index in [0.29, 0.717) is 0 Å². The summed E-state index contributed by atoms with van der Waals surface area (Å²) in [6.45, 7) is 1.64. The number of likely N-dealkylation sites (tertiary alicyclic amines) is 1. The Hall–Kier alpha value is -1.62. The van der Waals surface area contributed by atoms with Crippen molar-refractivity contribution in [2.24, 2.45) is 0 Å². The molecule has 1 aromatic rings. The zero-order valence-corrected chi connectivity index (χ0v) is 11.3. The van der Waals surface area contributed by atoms with Crippen molar-refractivity contribution in [3.05, 3.63) is 24.0 Å². The van der Waals surface area contributed by atoms with Crippen molar-refractivity contribution in [1.29, 1.82) is 0 Å². The van der Waals surface area contributed by atoms with Gasteiger partial charge >= 0.3 is 0 Å². The molecule has 5 nitrogen and oxygen atoms in total. The van der Waals surface area contributed by atoms with Crippen LogP contribution >= 0.6 is 0 Å². The zero-order valence-electron chi connectivity index (χ0n) is 11.3. The van der Waals surface area contributed by atoms with Crippen molar-refractivity contribution < 1.29 is 9.90 Å². The molecule has 0 radical (unpaired) electrons. The number of nitrogens with zero attached hydrogens (tertiary/aromatic N) is 2. The zero-order chi connectivity index (χ0) is 13.7. The second-order valence-corrected chi connectivity index (χ2v) is 4.91. The molecule has 2 N–H and O–H groups in total. The van der Waals surface area contributed by atoms with E-state index in [1.54, 1.807) is 12.3 Å². The van der Waals surface area contributed by atoms with Gasteiger partial charge in [-0.25, -0.2) is 4.98 Å². The van der Waals surface area contributed by atoms with Gasteiger partial charge in [0.05, 0.1) is 0 Å². The molecule has 5 heteroatoms. The molecule has 1 aliphatic rings. The third kappa shape index (κ3) is 3.23. The molecule has 2 rings (SSSR count). The van der Waals surface area contributed by atoms with Crippen LogP contribution in [-0.4, -0.2) is 47.1 Å². The van der Waals surface area contributed by atoms with Gasteiger partial charge in [-0.3, -0.25) is 4.79 Å². The van der Waals surface area contributed by atoms with Gasteiger partial charge in [0.15, 0.2) is 5.69 Å². The molecule has 19 heavy (non-hydrogen) atoms. The molecule has 1 atom stereocenters. The Bertz CT molecular complexity index is 436. The number of amides is 1. The van der Waals surface area contributed by atoms with E-state index in [0.717, 1.165) is 38.8 Å². The maximum Gasteiger partial charge on any atom is 0.276 e. The van der Waals surface area contributed by atoms with E-state index in [-0.39, 0.29) is 23.4 Å². The van der Waals surface area contributed by atoms with Crippen molar-refractivity contribution in [3.63, 3.8) is 0 Å². The lowest BCUT2D eigenvalue weighted by Gasteiger charge is -2.35. The SMILES string of the molecule is CNCCC1CCCCN1C(=O)c1ncccc1O. The van der Waals surface area contributed by atoms with Crippen LogP contribution in [-0.2, 0) is 0 Å². The second kappa shape index (κ2) is 6.52. The number of carbonyl (C=O) groups is 1. The van der Waals surface area contributed by atoms with E-state index in [4.69, 9.17) is 0 Å². The van der Waals surface area contributed by atoms with E-state index >= 15 is 0 Å². The van der Waals surface area contributed by atoms with Crippen LogP contribution in [0.1, 0.15) is 36.2 Å². The normalized spacial score (nSPS) is 19.4. The Morgan fingerprint density at radius 2 is 2.42 bits per heavy atom. The molecule has 1 unspecified atom stereocenters. The standard InChI is InChI=1S/C14H21N3O2/c1-15-9-7-11-5-2-3-10-17(11)14(19)13-12(18)6-4-8-16-13/h4,6,8,11,15,18H,2-3,5,7,9-10H2,1H3. The van der Waals surface area contributed by atoms with Crippen molar-refractivity contribution in [2.75, 3.05) is 20.1 Å². The number of aromatic hydroxyl groups is 1. The number of hydrogen-bond donors (Lipinski definition) is 2. The summed E-state index contributed by atoms with van der Waals surface area (Å²) in [5, 5.41) is 12.9. The largest absolute Gasteiger partial charge is 0.505 e. The smallest absolute Gasteiger partial charge is 0.276 e. The minimum absolute atomic E-state index is 0.0366. The lowest BCUT2D eigenvalue weighted by molar-refractivity contribution is 0.0593. The van der Waals surface area contributed by atoms with Crippen LogP contribution < -0.4 is 5.32 Å². The van der Waals surface area contributed by atoms with Crippen molar-refractivity contribution in [3.8, 4) is 5.75 Å². The molecular weight excluding hydrogens is 242 g/mol. The summed E-state index contributed by atoms with van der Waals surface area (Å²) in [6.07, 6.45) is 5.69. The fourth-order valence-electron chi connectivity index (χ4n) is 2.58. The molecule has 104 valence electrons. The fraction of sp³-hybridized carbons (Fsp3) is 0.571. The number of rotatable bonds is 4. The molecule has 1 fully saturated rings. The highest BCUT2D eigenvalue weighted by atomic mass is 16.3. The Labute approximate surface area is 113 Å². The second-order valence-electron chi connectivity index (χ2n) is 4.91. The number of hydrogen-bond acceptors (Lipinski definition) is 4. The van der Waals surface area contributed by atoms with Crippen LogP contribution in [0.15, 0.2) is 18.3 Å². The van der Waals surface area contributed by atoms with Gasteiger partial charge in [0.2, 0.25) is 0 Å². The molecule has 2 heterocycles. The topological polar surface area (TPSA) is 65.5 Å². The first-order valence-corrected chi connectivity index (χ1v) is 6.83. The predicted molar refractivity (Wildman–Crippen MR) is 73.1 cm³/mol. The van der Waals surface area contributed by atoms with Crippen LogP contribution in [0.3, 0.4) is 0 Å². The van der Waals surface area contributed by atoms with Crippen molar-refractivity contribution in [1.82, 2.24) is 15.2 Å². The van der Waals surface area contributed by atoms with E-state index in [9.17, 15) is 9.90 Å². The Morgan fingerprint density at radius 1 is 1.58 bits per heavy atom. The van der Waals surface area contributed by atoms with Gasteiger partial charge in [-0.2, -0.15) is 0 Å². The Kier molecular flexibility index (Phi) is 4.74. The van der Waals surface area contributed by atoms with Crippen LogP contribution in [0.4, 0.5) is 0 Å². The summed E-state index contributed by atoms with van der Waals surface area (Å²) in [7, 11) is 1.92. The van der Waals surface area contributed by atoms with Crippen LogP contribution in [0.25, 0.3) is 0 Å². The lowest BCUT2D eigenvalue weighted by Crippen LogP contribution is -2.45. The van der Waals surface area contributed by atoms with Gasteiger partial charge in [-0.05, 0) is 51.4 Å². The highest BCUT2D eigenvalue weighted by molar-refractivity contribution is 5.95. The number of piperidine rings is 1. The average molecular weight is 263 g/mol. The molecular formula is C14H21N3O2. The van der Waals surface area contributed by atoms with Gasteiger partial charge in [-0.1, -0.05) is 0 Å². The minimum atomic E-state index is -0.154. The molecule has 0 spiro atoms. The van der Waals surface area contributed by atoms with Gasteiger partial charge in [0.25, 0.3) is 5.91 Å². The maximum atomic E-state index is 12.5. The van der Waals surface area contributed by atoms with Crippen LogP contribution in [0.2, 0.25) is 0 Å². The highest BCUT2D eigenvalue weighted by Gasteiger charge is 2.29. The number of carbonyl (C=O) groups excluding carboxylic acids is 1. The Morgan fingerprint density at radius 3 is 3.16 bits per heavy atom. The third-order valence-corrected chi connectivity index (χ3v) is 3.60. The quantitative estimate of drug-likeness (QED) is 0.861. The fourth-order valence-corrected chi connectivity index (χ4v) is 2.58. The van der Waals surface area contributed by atoms with E-state index < -0.39 is 0 Å². The van der Waals surface area contributed by atoms with Gasteiger partial charge in [-0.15, -0.1) is 0 Å². The highest BCUT2D eigenvalue weighted by Crippen LogP contribution is 2.23. The first kappa shape index (κ1) is 13.8. The first-order chi connectivity index (χ1) is 9.24. The summed E-state index contributed by atoms with van der Waals surface area (Å²) in [4.78, 5) is 18.4. The summed E-state index contributed by atoms with van der Waals surface area (Å²) < 4.78 is 0. The lowest BCUT2D eigenvalue weighted by atomic mass is 9.98.